The van der Waals surface area contributed by atoms with Gasteiger partial charge in [0.15, 0.2) is 5.65 Å². The summed E-state index contributed by atoms with van der Waals surface area (Å²) in [5.41, 5.74) is 6.93. The van der Waals surface area contributed by atoms with Gasteiger partial charge < -0.3 is 5.73 Å². The third-order valence-corrected chi connectivity index (χ3v) is 4.04. The van der Waals surface area contributed by atoms with Gasteiger partial charge in [-0.3, -0.25) is 4.98 Å². The lowest BCUT2D eigenvalue weighted by Crippen LogP contribution is -2.08. The van der Waals surface area contributed by atoms with Gasteiger partial charge >= 0.3 is 0 Å². The molecule has 4 rings (SSSR count). The molecule has 0 unspecified atom stereocenters. The third-order valence-electron chi connectivity index (χ3n) is 4.04. The number of nitriles is 1. The number of rotatable bonds is 3. The molecule has 2 N–H and O–H groups in total. The Bertz CT molecular complexity index is 1190. The van der Waals surface area contributed by atoms with Crippen molar-refractivity contribution >= 4 is 17.0 Å². The number of hydrogen-bond donors (Lipinski definition) is 1. The number of nitrogen functional groups attached to an aromatic ring is 1. The molecule has 0 atom stereocenters. The van der Waals surface area contributed by atoms with Gasteiger partial charge in [0.1, 0.15) is 29.1 Å². The highest BCUT2D eigenvalue weighted by Gasteiger charge is 2.18. The number of benzene rings is 1. The van der Waals surface area contributed by atoms with Crippen LogP contribution in [0.25, 0.3) is 22.4 Å². The average Bonchev–Trinajstić information content (AvgIpc) is 3.06. The second-order valence-corrected chi connectivity index (χ2v) is 5.68. The molecule has 9 heteroatoms. The highest BCUT2D eigenvalue weighted by Crippen LogP contribution is 2.28. The maximum absolute atomic E-state index is 14.0. The fraction of sp³-hybridized carbons (Fsp3) is 0.0556. The van der Waals surface area contributed by atoms with Crippen molar-refractivity contribution in [2.24, 2.45) is 0 Å². The number of pyridine rings is 1. The lowest BCUT2D eigenvalue weighted by molar-refractivity contribution is 0.536. The smallest absolute Gasteiger partial charge is 0.222 e. The van der Waals surface area contributed by atoms with E-state index < -0.39 is 11.6 Å². The minimum absolute atomic E-state index is 0.0669. The quantitative estimate of drug-likeness (QED) is 0.600. The number of aromatic nitrogens is 5. The van der Waals surface area contributed by atoms with Crippen LogP contribution in [-0.4, -0.2) is 24.7 Å². The van der Waals surface area contributed by atoms with Crippen molar-refractivity contribution in [1.82, 2.24) is 24.7 Å². The highest BCUT2D eigenvalue weighted by atomic mass is 19.1. The summed E-state index contributed by atoms with van der Waals surface area (Å²) < 4.78 is 29.3. The van der Waals surface area contributed by atoms with Crippen LogP contribution in [0.4, 0.5) is 14.7 Å². The van der Waals surface area contributed by atoms with Gasteiger partial charge in [-0.1, -0.05) is 6.07 Å². The molecule has 0 fully saturated rings. The lowest BCUT2D eigenvalue weighted by Gasteiger charge is -2.08. The minimum atomic E-state index is -0.683. The zero-order valence-electron chi connectivity index (χ0n) is 13.8. The van der Waals surface area contributed by atoms with Crippen LogP contribution in [0.15, 0.2) is 42.7 Å². The van der Waals surface area contributed by atoms with Gasteiger partial charge in [-0.2, -0.15) is 15.3 Å². The summed E-state index contributed by atoms with van der Waals surface area (Å²) in [6.07, 6.45) is 2.98. The SMILES string of the molecule is N#Cc1cccnc1-c1nc(N)nc2c1cnn2Cc1c(F)cccc1F. The fourth-order valence-electron chi connectivity index (χ4n) is 2.79. The molecule has 0 radical (unpaired) electrons. The van der Waals surface area contributed by atoms with E-state index in [-0.39, 0.29) is 23.7 Å². The maximum Gasteiger partial charge on any atom is 0.222 e. The van der Waals surface area contributed by atoms with E-state index in [2.05, 4.69) is 20.1 Å². The average molecular weight is 363 g/mol. The molecule has 3 heterocycles. The van der Waals surface area contributed by atoms with E-state index in [4.69, 9.17) is 5.73 Å². The zero-order valence-corrected chi connectivity index (χ0v) is 13.8. The van der Waals surface area contributed by atoms with E-state index >= 15 is 0 Å². The topological polar surface area (TPSA) is 106 Å². The van der Waals surface area contributed by atoms with Crippen LogP contribution in [0.5, 0.6) is 0 Å². The zero-order chi connectivity index (χ0) is 19.0. The van der Waals surface area contributed by atoms with Crippen LogP contribution in [0.2, 0.25) is 0 Å². The van der Waals surface area contributed by atoms with Gasteiger partial charge in [0.25, 0.3) is 0 Å². The molecule has 0 bridgehead atoms. The van der Waals surface area contributed by atoms with Gasteiger partial charge in [-0.15, -0.1) is 0 Å². The number of nitrogens with two attached hydrogens (primary N) is 1. The first-order valence-electron chi connectivity index (χ1n) is 7.86. The Morgan fingerprint density at radius 1 is 1.07 bits per heavy atom. The summed E-state index contributed by atoms with van der Waals surface area (Å²) in [6.45, 7) is -0.175. The fourth-order valence-corrected chi connectivity index (χ4v) is 2.79. The number of halogens is 2. The molecule has 1 aromatic carbocycles. The Labute approximate surface area is 151 Å². The second-order valence-electron chi connectivity index (χ2n) is 5.68. The van der Waals surface area contributed by atoms with Crippen molar-refractivity contribution < 1.29 is 8.78 Å². The number of fused-ring (bicyclic) bond motifs is 1. The highest BCUT2D eigenvalue weighted by molar-refractivity contribution is 5.91. The molecule has 0 aliphatic heterocycles. The van der Waals surface area contributed by atoms with Gasteiger partial charge in [0, 0.05) is 11.8 Å². The molecule has 132 valence electrons. The lowest BCUT2D eigenvalue weighted by atomic mass is 10.1. The standard InChI is InChI=1S/C18H11F2N7/c19-13-4-1-5-14(20)12(13)9-27-17-11(8-24-27)16(25-18(22)26-17)15-10(7-21)3-2-6-23-15/h1-6,8H,9H2,(H2,22,25,26). The molecule has 27 heavy (non-hydrogen) atoms. The largest absolute Gasteiger partial charge is 0.368 e. The van der Waals surface area contributed by atoms with E-state index in [1.54, 1.807) is 12.1 Å². The molecular weight excluding hydrogens is 352 g/mol. The first-order chi connectivity index (χ1) is 13.1. The van der Waals surface area contributed by atoms with Crippen LogP contribution in [-0.2, 0) is 6.54 Å². The van der Waals surface area contributed by atoms with Gasteiger partial charge in [-0.05, 0) is 24.3 Å². The number of anilines is 1. The predicted molar refractivity (Wildman–Crippen MR) is 93.1 cm³/mol. The van der Waals surface area contributed by atoms with Crippen LogP contribution < -0.4 is 5.73 Å². The van der Waals surface area contributed by atoms with Gasteiger partial charge in [-0.25, -0.2) is 18.4 Å². The molecule has 0 spiro atoms. The van der Waals surface area contributed by atoms with E-state index in [1.807, 2.05) is 6.07 Å². The predicted octanol–water partition coefficient (Wildman–Crippen LogP) is 2.67. The van der Waals surface area contributed by atoms with Crippen LogP contribution in [0, 0.1) is 23.0 Å². The molecule has 0 saturated carbocycles. The van der Waals surface area contributed by atoms with E-state index in [0.29, 0.717) is 22.3 Å². The Hall–Kier alpha value is -3.93. The molecule has 0 aliphatic carbocycles. The monoisotopic (exact) mass is 363 g/mol. The molecule has 0 saturated heterocycles. The molecule has 4 aromatic rings. The van der Waals surface area contributed by atoms with Crippen molar-refractivity contribution in [1.29, 1.82) is 5.26 Å². The summed E-state index contributed by atoms with van der Waals surface area (Å²) >= 11 is 0. The minimum Gasteiger partial charge on any atom is -0.368 e. The summed E-state index contributed by atoms with van der Waals surface area (Å²) in [6, 6.07) is 8.92. The van der Waals surface area contributed by atoms with Crippen molar-refractivity contribution in [2.75, 3.05) is 5.73 Å². The third kappa shape index (κ3) is 2.83. The van der Waals surface area contributed by atoms with Crippen LogP contribution >= 0.6 is 0 Å². The first-order valence-corrected chi connectivity index (χ1v) is 7.86. The Morgan fingerprint density at radius 2 is 1.85 bits per heavy atom. The summed E-state index contributed by atoms with van der Waals surface area (Å²) in [4.78, 5) is 12.5. The molecular formula is C18H11F2N7. The molecule has 3 aromatic heterocycles. The Balaban J connectivity index is 1.90. The van der Waals surface area contributed by atoms with Gasteiger partial charge in [0.2, 0.25) is 5.95 Å². The molecule has 0 amide bonds. The van der Waals surface area contributed by atoms with E-state index in [0.717, 1.165) is 0 Å². The first kappa shape index (κ1) is 16.5. The summed E-state index contributed by atoms with van der Waals surface area (Å²) in [7, 11) is 0. The molecule has 7 nitrogen and oxygen atoms in total. The van der Waals surface area contributed by atoms with Crippen molar-refractivity contribution in [3.63, 3.8) is 0 Å². The summed E-state index contributed by atoms with van der Waals surface area (Å²) in [5, 5.41) is 14.0. The molecule has 0 aliphatic rings. The van der Waals surface area contributed by atoms with Crippen LogP contribution in [0.3, 0.4) is 0 Å². The second kappa shape index (κ2) is 6.42. The van der Waals surface area contributed by atoms with Crippen LogP contribution in [0.1, 0.15) is 11.1 Å². The summed E-state index contributed by atoms with van der Waals surface area (Å²) in [5.74, 6) is -1.43. The Morgan fingerprint density at radius 3 is 2.59 bits per heavy atom. The van der Waals surface area contributed by atoms with Crippen molar-refractivity contribution in [3.8, 4) is 17.5 Å². The number of nitrogens with zero attached hydrogens (tertiary/aromatic N) is 6. The Kier molecular flexibility index (Phi) is 3.93. The van der Waals surface area contributed by atoms with E-state index in [9.17, 15) is 14.0 Å². The van der Waals surface area contributed by atoms with Crippen molar-refractivity contribution in [3.05, 3.63) is 65.5 Å². The van der Waals surface area contributed by atoms with Gasteiger partial charge in [0.05, 0.1) is 23.7 Å². The van der Waals surface area contributed by atoms with Crippen molar-refractivity contribution in [2.45, 2.75) is 6.54 Å². The van der Waals surface area contributed by atoms with E-state index in [1.165, 1.54) is 35.3 Å². The number of hydrogen-bond acceptors (Lipinski definition) is 6. The normalized spacial score (nSPS) is 10.9. The maximum atomic E-state index is 14.0.